The van der Waals surface area contributed by atoms with Gasteiger partial charge in [-0.25, -0.2) is 9.48 Å². The Balaban J connectivity index is 2.28. The number of rotatable bonds is 7. The van der Waals surface area contributed by atoms with Crippen molar-refractivity contribution in [3.05, 3.63) is 83.6 Å². The largest absolute Gasteiger partial charge is 0.478 e. The highest BCUT2D eigenvalue weighted by molar-refractivity contribution is 5.96. The molecule has 1 heterocycles. The normalized spacial score (nSPS) is 11.9. The van der Waals surface area contributed by atoms with Crippen molar-refractivity contribution in [3.8, 4) is 16.9 Å². The minimum atomic E-state index is -4.61. The second kappa shape index (κ2) is 8.98. The van der Waals surface area contributed by atoms with Gasteiger partial charge in [0, 0.05) is 5.56 Å². The summed E-state index contributed by atoms with van der Waals surface area (Å²) in [6, 6.07) is 13.5. The van der Waals surface area contributed by atoms with E-state index in [4.69, 9.17) is 0 Å². The summed E-state index contributed by atoms with van der Waals surface area (Å²) in [7, 11) is 0. The van der Waals surface area contributed by atoms with Crippen molar-refractivity contribution in [3.63, 3.8) is 0 Å². The molecule has 0 saturated carbocycles. The number of carboxylic acids is 1. The van der Waals surface area contributed by atoms with Gasteiger partial charge in [-0.05, 0) is 31.4 Å². The molecule has 156 valence electrons. The van der Waals surface area contributed by atoms with E-state index >= 15 is 0 Å². The smallest absolute Gasteiger partial charge is 0.418 e. The van der Waals surface area contributed by atoms with E-state index in [1.54, 1.807) is 30.3 Å². The lowest BCUT2D eigenvalue weighted by Gasteiger charge is -2.15. The first-order valence-corrected chi connectivity index (χ1v) is 9.56. The van der Waals surface area contributed by atoms with Gasteiger partial charge in [0.15, 0.2) is 0 Å². The highest BCUT2D eigenvalue weighted by atomic mass is 19.4. The van der Waals surface area contributed by atoms with Crippen LogP contribution in [-0.2, 0) is 12.6 Å². The third-order valence-electron chi connectivity index (χ3n) is 4.61. The Labute approximate surface area is 172 Å². The summed E-state index contributed by atoms with van der Waals surface area (Å²) in [6.45, 7) is 1.98. The first-order chi connectivity index (χ1) is 14.3. The van der Waals surface area contributed by atoms with E-state index in [2.05, 4.69) is 5.10 Å². The third-order valence-corrected chi connectivity index (χ3v) is 4.61. The van der Waals surface area contributed by atoms with E-state index in [1.165, 1.54) is 18.2 Å². The number of aryl methyl sites for hydroxylation is 1. The highest BCUT2D eigenvalue weighted by Gasteiger charge is 2.35. The quantitative estimate of drug-likeness (QED) is 0.472. The molecular formula is C23H21F3N2O2. The Hall–Kier alpha value is -3.35. The second-order valence-corrected chi connectivity index (χ2v) is 6.69. The van der Waals surface area contributed by atoms with E-state index in [-0.39, 0.29) is 22.6 Å². The molecule has 1 aromatic heterocycles. The summed E-state index contributed by atoms with van der Waals surface area (Å²) < 4.78 is 42.1. The molecule has 30 heavy (non-hydrogen) atoms. The van der Waals surface area contributed by atoms with Gasteiger partial charge in [0.25, 0.3) is 0 Å². The van der Waals surface area contributed by atoms with Gasteiger partial charge in [-0.2, -0.15) is 18.3 Å². The first-order valence-electron chi connectivity index (χ1n) is 9.56. The fraction of sp³-hybridized carbons (Fsp3) is 0.217. The Morgan fingerprint density at radius 3 is 2.37 bits per heavy atom. The van der Waals surface area contributed by atoms with Crippen LogP contribution in [0.4, 0.5) is 13.2 Å². The Bertz CT molecular complexity index is 1050. The number of aromatic nitrogens is 2. The fourth-order valence-corrected chi connectivity index (χ4v) is 3.30. The van der Waals surface area contributed by atoms with Gasteiger partial charge in [0.1, 0.15) is 5.56 Å². The predicted molar refractivity (Wildman–Crippen MR) is 109 cm³/mol. The number of hydrogen-bond acceptors (Lipinski definition) is 2. The monoisotopic (exact) mass is 414 g/mol. The number of carboxylic acid groups (broad SMARTS) is 1. The van der Waals surface area contributed by atoms with Crippen molar-refractivity contribution in [1.29, 1.82) is 0 Å². The zero-order valence-corrected chi connectivity index (χ0v) is 16.4. The summed E-state index contributed by atoms with van der Waals surface area (Å²) in [4.78, 5) is 12.1. The highest BCUT2D eigenvalue weighted by Crippen LogP contribution is 2.37. The van der Waals surface area contributed by atoms with Gasteiger partial charge >= 0.3 is 12.1 Å². The molecule has 0 fully saturated rings. The van der Waals surface area contributed by atoms with Crippen molar-refractivity contribution < 1.29 is 23.1 Å². The molecule has 0 spiro atoms. The molecule has 2 aromatic carbocycles. The van der Waals surface area contributed by atoms with Crippen LogP contribution in [0.5, 0.6) is 0 Å². The van der Waals surface area contributed by atoms with Gasteiger partial charge in [0.2, 0.25) is 0 Å². The molecule has 0 amide bonds. The number of para-hydroxylation sites is 1. The van der Waals surface area contributed by atoms with Crippen LogP contribution >= 0.6 is 0 Å². The number of nitrogens with zero attached hydrogens (tertiary/aromatic N) is 2. The molecule has 0 aliphatic carbocycles. The fourth-order valence-electron chi connectivity index (χ4n) is 3.30. The zero-order valence-electron chi connectivity index (χ0n) is 16.4. The van der Waals surface area contributed by atoms with Gasteiger partial charge in [-0.1, -0.05) is 61.5 Å². The Kier molecular flexibility index (Phi) is 6.40. The predicted octanol–water partition coefficient (Wildman–Crippen LogP) is 6.16. The minimum absolute atomic E-state index is 0.0805. The number of allylic oxidation sites excluding steroid dienone is 2. The SMILES string of the molecule is CCC=CCCc1nn(-c2ccccc2C(F)(F)F)c(-c2ccccc2)c1C(=O)O. The van der Waals surface area contributed by atoms with E-state index in [0.717, 1.165) is 17.2 Å². The molecule has 0 atom stereocenters. The van der Waals surface area contributed by atoms with Crippen LogP contribution < -0.4 is 0 Å². The standard InChI is InChI=1S/C23H21F3N2O2/c1-2-3-4-8-14-18-20(22(29)30)21(16-11-6-5-7-12-16)28(27-18)19-15-10-9-13-17(19)23(24,25)26/h3-7,9-13,15H,2,8,14H2,1H3,(H,29,30). The molecule has 0 aliphatic rings. The summed E-state index contributed by atoms with van der Waals surface area (Å²) in [5, 5.41) is 14.3. The molecule has 0 unspecified atom stereocenters. The van der Waals surface area contributed by atoms with Crippen molar-refractivity contribution in [2.24, 2.45) is 0 Å². The number of aromatic carboxylic acids is 1. The number of hydrogen-bond donors (Lipinski definition) is 1. The molecule has 0 saturated heterocycles. The average Bonchev–Trinajstić information content (AvgIpc) is 3.11. The molecule has 0 radical (unpaired) electrons. The van der Waals surface area contributed by atoms with E-state index < -0.39 is 17.7 Å². The molecule has 3 aromatic rings. The first kappa shape index (κ1) is 21.4. The molecule has 7 heteroatoms. The maximum atomic E-state index is 13.7. The molecular weight excluding hydrogens is 393 g/mol. The number of carbonyl (C=O) groups is 1. The molecule has 0 aliphatic heterocycles. The summed E-state index contributed by atoms with van der Waals surface area (Å²) in [5.41, 5.74) is -0.299. The van der Waals surface area contributed by atoms with E-state index in [9.17, 15) is 23.1 Å². The topological polar surface area (TPSA) is 55.1 Å². The Morgan fingerprint density at radius 2 is 1.73 bits per heavy atom. The minimum Gasteiger partial charge on any atom is -0.478 e. The van der Waals surface area contributed by atoms with Crippen LogP contribution in [0.1, 0.15) is 41.4 Å². The number of benzene rings is 2. The van der Waals surface area contributed by atoms with Crippen LogP contribution in [0.25, 0.3) is 16.9 Å². The van der Waals surface area contributed by atoms with Gasteiger partial charge in [0.05, 0.1) is 22.6 Å². The van der Waals surface area contributed by atoms with Crippen molar-refractivity contribution >= 4 is 5.97 Å². The van der Waals surface area contributed by atoms with E-state index in [1.807, 2.05) is 19.1 Å². The maximum Gasteiger partial charge on any atom is 0.418 e. The Morgan fingerprint density at radius 1 is 1.07 bits per heavy atom. The van der Waals surface area contributed by atoms with Crippen molar-refractivity contribution in [2.75, 3.05) is 0 Å². The van der Waals surface area contributed by atoms with Crippen LogP contribution in [0, 0.1) is 0 Å². The number of alkyl halides is 3. The maximum absolute atomic E-state index is 13.7. The van der Waals surface area contributed by atoms with Gasteiger partial charge < -0.3 is 5.11 Å². The average molecular weight is 414 g/mol. The van der Waals surface area contributed by atoms with Crippen LogP contribution in [0.15, 0.2) is 66.7 Å². The third kappa shape index (κ3) is 4.45. The van der Waals surface area contributed by atoms with E-state index in [0.29, 0.717) is 18.4 Å². The summed E-state index contributed by atoms with van der Waals surface area (Å²) in [6.07, 6.45) is 0.947. The van der Waals surface area contributed by atoms with Crippen LogP contribution in [0.3, 0.4) is 0 Å². The summed E-state index contributed by atoms with van der Waals surface area (Å²) >= 11 is 0. The van der Waals surface area contributed by atoms with Crippen molar-refractivity contribution in [1.82, 2.24) is 9.78 Å². The zero-order chi connectivity index (χ0) is 21.7. The van der Waals surface area contributed by atoms with Crippen molar-refractivity contribution in [2.45, 2.75) is 32.4 Å². The lowest BCUT2D eigenvalue weighted by Crippen LogP contribution is -2.12. The molecule has 1 N–H and O–H groups in total. The molecule has 3 rings (SSSR count). The molecule has 0 bridgehead atoms. The lowest BCUT2D eigenvalue weighted by molar-refractivity contribution is -0.137. The van der Waals surface area contributed by atoms with Gasteiger partial charge in [-0.3, -0.25) is 0 Å². The second-order valence-electron chi connectivity index (χ2n) is 6.69. The summed E-state index contributed by atoms with van der Waals surface area (Å²) in [5.74, 6) is -1.22. The van der Waals surface area contributed by atoms with Crippen LogP contribution in [0.2, 0.25) is 0 Å². The number of halogens is 3. The lowest BCUT2D eigenvalue weighted by atomic mass is 10.0. The van der Waals surface area contributed by atoms with Crippen LogP contribution in [-0.4, -0.2) is 20.9 Å². The molecule has 4 nitrogen and oxygen atoms in total. The van der Waals surface area contributed by atoms with Gasteiger partial charge in [-0.15, -0.1) is 0 Å².